The Morgan fingerprint density at radius 2 is 2.20 bits per heavy atom. The number of carbonyl (C=O) groups is 2. The third-order valence-corrected chi connectivity index (χ3v) is 4.49. The van der Waals surface area contributed by atoms with Crippen molar-refractivity contribution >= 4 is 40.3 Å². The van der Waals surface area contributed by atoms with Gasteiger partial charge in [0.05, 0.1) is 5.69 Å². The molecule has 0 spiro atoms. The molecule has 0 atom stereocenters. The number of nitrogens with zero attached hydrogens (tertiary/aromatic N) is 3. The lowest BCUT2D eigenvalue weighted by molar-refractivity contribution is -0.130. The van der Waals surface area contributed by atoms with Crippen LogP contribution in [0.5, 0.6) is 0 Å². The Morgan fingerprint density at radius 3 is 2.88 bits per heavy atom. The van der Waals surface area contributed by atoms with Crippen molar-refractivity contribution in [3.05, 3.63) is 52.2 Å². The summed E-state index contributed by atoms with van der Waals surface area (Å²) in [6.45, 7) is 5.88. The van der Waals surface area contributed by atoms with Crippen LogP contribution in [0.15, 0.2) is 40.3 Å². The summed E-state index contributed by atoms with van der Waals surface area (Å²) in [5, 5.41) is 2.37. The van der Waals surface area contributed by atoms with E-state index >= 15 is 0 Å². The van der Waals surface area contributed by atoms with Gasteiger partial charge in [0.15, 0.2) is 10.8 Å². The third kappa shape index (κ3) is 3.66. The SMILES string of the molecule is CCN(C(C)=O)c1nc(/C=C2\N=C(c3cccc(C)c3)OC2=O)cs1. The molecule has 25 heavy (non-hydrogen) atoms. The molecule has 1 amide bonds. The first-order valence-electron chi connectivity index (χ1n) is 7.81. The number of rotatable bonds is 4. The first-order valence-corrected chi connectivity index (χ1v) is 8.69. The molecule has 1 aliphatic rings. The normalized spacial score (nSPS) is 15.2. The average molecular weight is 355 g/mol. The molecule has 0 unspecified atom stereocenters. The second-order valence-corrected chi connectivity index (χ2v) is 6.36. The second kappa shape index (κ2) is 6.98. The van der Waals surface area contributed by atoms with Crippen molar-refractivity contribution < 1.29 is 14.3 Å². The van der Waals surface area contributed by atoms with E-state index < -0.39 is 5.97 Å². The van der Waals surface area contributed by atoms with Gasteiger partial charge in [-0.05, 0) is 32.1 Å². The lowest BCUT2D eigenvalue weighted by atomic mass is 10.1. The molecule has 0 radical (unpaired) electrons. The number of anilines is 1. The van der Waals surface area contributed by atoms with Crippen LogP contribution in [-0.2, 0) is 14.3 Å². The van der Waals surface area contributed by atoms with Gasteiger partial charge in [-0.3, -0.25) is 9.69 Å². The molecular weight excluding hydrogens is 338 g/mol. The molecule has 1 aromatic heterocycles. The highest BCUT2D eigenvalue weighted by molar-refractivity contribution is 7.14. The van der Waals surface area contributed by atoms with Gasteiger partial charge in [-0.25, -0.2) is 14.8 Å². The van der Waals surface area contributed by atoms with Crippen LogP contribution in [-0.4, -0.2) is 29.3 Å². The Bertz CT molecular complexity index is 898. The number of ether oxygens (including phenoxy) is 1. The number of aryl methyl sites for hydroxylation is 1. The van der Waals surface area contributed by atoms with Crippen molar-refractivity contribution in [2.45, 2.75) is 20.8 Å². The molecular formula is C18H17N3O3S. The number of thiazole rings is 1. The summed E-state index contributed by atoms with van der Waals surface area (Å²) < 4.78 is 5.25. The number of hydrogen-bond donors (Lipinski definition) is 0. The highest BCUT2D eigenvalue weighted by Gasteiger charge is 2.24. The van der Waals surface area contributed by atoms with Gasteiger partial charge in [-0.15, -0.1) is 11.3 Å². The van der Waals surface area contributed by atoms with E-state index in [9.17, 15) is 9.59 Å². The molecule has 0 saturated carbocycles. The molecule has 0 fully saturated rings. The average Bonchev–Trinajstić information content (AvgIpc) is 3.16. The summed E-state index contributed by atoms with van der Waals surface area (Å²) in [6.07, 6.45) is 1.57. The van der Waals surface area contributed by atoms with E-state index in [0.717, 1.165) is 11.1 Å². The number of carbonyl (C=O) groups excluding carboxylic acids is 2. The van der Waals surface area contributed by atoms with Gasteiger partial charge in [-0.1, -0.05) is 17.7 Å². The van der Waals surface area contributed by atoms with Crippen LogP contribution >= 0.6 is 11.3 Å². The first kappa shape index (κ1) is 17.0. The van der Waals surface area contributed by atoms with E-state index in [2.05, 4.69) is 9.98 Å². The Balaban J connectivity index is 1.87. The van der Waals surface area contributed by atoms with Gasteiger partial charge < -0.3 is 4.74 Å². The molecule has 0 N–H and O–H groups in total. The van der Waals surface area contributed by atoms with E-state index in [-0.39, 0.29) is 17.5 Å². The summed E-state index contributed by atoms with van der Waals surface area (Å²) in [7, 11) is 0. The van der Waals surface area contributed by atoms with E-state index in [1.807, 2.05) is 38.1 Å². The van der Waals surface area contributed by atoms with E-state index in [4.69, 9.17) is 4.74 Å². The topological polar surface area (TPSA) is 71.9 Å². The molecule has 0 bridgehead atoms. The molecule has 128 valence electrons. The van der Waals surface area contributed by atoms with Crippen molar-refractivity contribution in [3.8, 4) is 0 Å². The zero-order chi connectivity index (χ0) is 18.0. The minimum atomic E-state index is -0.509. The van der Waals surface area contributed by atoms with Gasteiger partial charge >= 0.3 is 5.97 Å². The predicted molar refractivity (Wildman–Crippen MR) is 97.6 cm³/mol. The van der Waals surface area contributed by atoms with E-state index in [0.29, 0.717) is 17.4 Å². The predicted octanol–water partition coefficient (Wildman–Crippen LogP) is 3.17. The number of esters is 1. The molecule has 0 aliphatic carbocycles. The van der Waals surface area contributed by atoms with Gasteiger partial charge in [0.2, 0.25) is 11.8 Å². The maximum Gasteiger partial charge on any atom is 0.363 e. The van der Waals surface area contributed by atoms with Crippen LogP contribution in [0.1, 0.15) is 30.7 Å². The number of hydrogen-bond acceptors (Lipinski definition) is 6. The highest BCUT2D eigenvalue weighted by Crippen LogP contribution is 2.24. The lowest BCUT2D eigenvalue weighted by Gasteiger charge is -2.14. The van der Waals surface area contributed by atoms with Crippen LogP contribution in [0.4, 0.5) is 5.13 Å². The number of benzene rings is 1. The largest absolute Gasteiger partial charge is 0.402 e. The summed E-state index contributed by atoms with van der Waals surface area (Å²) in [6, 6.07) is 7.59. The quantitative estimate of drug-likeness (QED) is 0.624. The highest BCUT2D eigenvalue weighted by atomic mass is 32.1. The molecule has 7 heteroatoms. The fraction of sp³-hybridized carbons (Fsp3) is 0.222. The maximum absolute atomic E-state index is 12.1. The number of aromatic nitrogens is 1. The fourth-order valence-electron chi connectivity index (χ4n) is 2.41. The van der Waals surface area contributed by atoms with Crippen LogP contribution in [0.3, 0.4) is 0 Å². The smallest absolute Gasteiger partial charge is 0.363 e. The molecule has 6 nitrogen and oxygen atoms in total. The molecule has 2 aromatic rings. The minimum absolute atomic E-state index is 0.0731. The Kier molecular flexibility index (Phi) is 4.76. The third-order valence-electron chi connectivity index (χ3n) is 3.61. The van der Waals surface area contributed by atoms with Gasteiger partial charge in [0.1, 0.15) is 0 Å². The molecule has 1 aromatic carbocycles. The molecule has 1 aliphatic heterocycles. The molecule has 0 saturated heterocycles. The van der Waals surface area contributed by atoms with Crippen molar-refractivity contribution in [1.82, 2.24) is 4.98 Å². The maximum atomic E-state index is 12.1. The van der Waals surface area contributed by atoms with Gasteiger partial charge in [-0.2, -0.15) is 0 Å². The zero-order valence-electron chi connectivity index (χ0n) is 14.1. The van der Waals surface area contributed by atoms with Crippen molar-refractivity contribution in [3.63, 3.8) is 0 Å². The summed E-state index contributed by atoms with van der Waals surface area (Å²) in [5.74, 6) is -0.296. The standard InChI is InChI=1S/C18H17N3O3S/c1-4-21(12(3)22)18-19-14(10-25-18)9-15-17(23)24-16(20-15)13-7-5-6-11(2)8-13/h5-10H,4H2,1-3H3/b15-9-. The minimum Gasteiger partial charge on any atom is -0.402 e. The number of cyclic esters (lactones) is 1. The van der Waals surface area contributed by atoms with Crippen LogP contribution in [0.25, 0.3) is 6.08 Å². The van der Waals surface area contributed by atoms with Crippen LogP contribution in [0, 0.1) is 6.92 Å². The number of aliphatic imine (C=N–C) groups is 1. The Hall–Kier alpha value is -2.80. The summed E-state index contributed by atoms with van der Waals surface area (Å²) in [4.78, 5) is 33.9. The van der Waals surface area contributed by atoms with Crippen molar-refractivity contribution in [2.75, 3.05) is 11.4 Å². The summed E-state index contributed by atoms with van der Waals surface area (Å²) >= 11 is 1.34. The Labute approximate surface area is 149 Å². The Morgan fingerprint density at radius 1 is 1.40 bits per heavy atom. The monoisotopic (exact) mass is 355 g/mol. The second-order valence-electron chi connectivity index (χ2n) is 5.52. The fourth-order valence-corrected chi connectivity index (χ4v) is 3.30. The van der Waals surface area contributed by atoms with Crippen LogP contribution < -0.4 is 4.90 Å². The van der Waals surface area contributed by atoms with Crippen LogP contribution in [0.2, 0.25) is 0 Å². The zero-order valence-corrected chi connectivity index (χ0v) is 15.0. The van der Waals surface area contributed by atoms with E-state index in [1.54, 1.807) is 16.4 Å². The lowest BCUT2D eigenvalue weighted by Crippen LogP contribution is -2.27. The van der Waals surface area contributed by atoms with Gasteiger partial charge in [0.25, 0.3) is 0 Å². The van der Waals surface area contributed by atoms with E-state index in [1.165, 1.54) is 18.3 Å². The summed E-state index contributed by atoms with van der Waals surface area (Å²) in [5.41, 5.74) is 2.58. The van der Waals surface area contributed by atoms with Crippen molar-refractivity contribution in [1.29, 1.82) is 0 Å². The first-order chi connectivity index (χ1) is 12.0. The molecule has 3 rings (SSSR count). The van der Waals surface area contributed by atoms with Gasteiger partial charge in [0, 0.05) is 24.4 Å². The van der Waals surface area contributed by atoms with Crippen molar-refractivity contribution in [2.24, 2.45) is 4.99 Å². The number of amides is 1. The molecule has 2 heterocycles.